The smallest absolute Gasteiger partial charge is 0.0256 e. The van der Waals surface area contributed by atoms with Crippen LogP contribution in [0.2, 0.25) is 0 Å². The van der Waals surface area contributed by atoms with Gasteiger partial charge in [-0.1, -0.05) is 64.1 Å². The Balaban J connectivity index is -0.000000110. The molecule has 1 aromatic rings. The van der Waals surface area contributed by atoms with Gasteiger partial charge in [-0.2, -0.15) is 0 Å². The van der Waals surface area contributed by atoms with Crippen LogP contribution in [0.4, 0.5) is 0 Å². The maximum Gasteiger partial charge on any atom is 0.0256 e. The van der Waals surface area contributed by atoms with Gasteiger partial charge in [-0.25, -0.2) is 0 Å². The molecule has 0 aliphatic rings. The first kappa shape index (κ1) is 28.4. The molecule has 0 heterocycles. The molecular formula is C14H27Br2OPRu. The second kappa shape index (κ2) is 19.2. The van der Waals surface area contributed by atoms with E-state index in [0.29, 0.717) is 11.8 Å². The first-order valence-corrected chi connectivity index (χ1v) is 7.62. The Morgan fingerprint density at radius 1 is 0.737 bits per heavy atom. The van der Waals surface area contributed by atoms with E-state index in [0.717, 1.165) is 12.3 Å². The third-order valence-corrected chi connectivity index (χ3v) is 4.12. The van der Waals surface area contributed by atoms with Gasteiger partial charge in [0.05, 0.1) is 0 Å². The van der Waals surface area contributed by atoms with Crippen molar-refractivity contribution in [3.8, 4) is 0 Å². The maximum atomic E-state index is 9.45. The number of halogens is 2. The normalized spacial score (nSPS) is 8.84. The van der Waals surface area contributed by atoms with Gasteiger partial charge in [0.1, 0.15) is 0 Å². The zero-order valence-electron chi connectivity index (χ0n) is 12.1. The fraction of sp³-hybridized carbons (Fsp3) is 0.571. The molecule has 19 heavy (non-hydrogen) atoms. The average molecular weight is 503 g/mol. The van der Waals surface area contributed by atoms with Gasteiger partial charge in [-0.3, -0.25) is 0 Å². The van der Waals surface area contributed by atoms with Crippen molar-refractivity contribution >= 4 is 42.1 Å². The molecule has 1 nitrogen and oxygen atoms in total. The van der Waals surface area contributed by atoms with E-state index in [-0.39, 0.29) is 53.4 Å². The Hall–Kier alpha value is 1.19. The minimum Gasteiger partial charge on any atom is -0.374 e. The predicted octanol–water partition coefficient (Wildman–Crippen LogP) is 5.53. The SMILES string of the molecule is Br.Br.CC(C)CP(O)CC(C)C.[Ru].c1ccccc1. The standard InChI is InChI=1S/C8H19OP.C6H6.2BrH.Ru/c1-7(2)5-10(9)6-8(3)4;1-2-4-6-5-3-1;;;/h7-9H,5-6H2,1-4H3;1-6H;2*1H;. The van der Waals surface area contributed by atoms with Gasteiger partial charge in [0.2, 0.25) is 0 Å². The first-order chi connectivity index (χ1) is 7.52. The third-order valence-electron chi connectivity index (χ3n) is 1.82. The van der Waals surface area contributed by atoms with Gasteiger partial charge in [-0.15, -0.1) is 34.0 Å². The Kier molecular flexibility index (Phi) is 28.7. The van der Waals surface area contributed by atoms with Crippen molar-refractivity contribution in [3.63, 3.8) is 0 Å². The summed E-state index contributed by atoms with van der Waals surface area (Å²) < 4.78 is 0. The Morgan fingerprint density at radius 2 is 0.947 bits per heavy atom. The van der Waals surface area contributed by atoms with Crippen LogP contribution >= 0.6 is 42.1 Å². The van der Waals surface area contributed by atoms with Crippen LogP contribution in [-0.2, 0) is 19.5 Å². The quantitative estimate of drug-likeness (QED) is 0.424. The van der Waals surface area contributed by atoms with E-state index in [2.05, 4.69) is 27.7 Å². The van der Waals surface area contributed by atoms with Gasteiger partial charge >= 0.3 is 0 Å². The van der Waals surface area contributed by atoms with E-state index >= 15 is 0 Å². The second-order valence-electron chi connectivity index (χ2n) is 4.81. The minimum absolute atomic E-state index is 0. The van der Waals surface area contributed by atoms with Gasteiger partial charge in [0.25, 0.3) is 0 Å². The van der Waals surface area contributed by atoms with Gasteiger partial charge in [0.15, 0.2) is 0 Å². The molecule has 5 heteroatoms. The molecule has 0 radical (unpaired) electrons. The number of hydrogen-bond donors (Lipinski definition) is 1. The summed E-state index contributed by atoms with van der Waals surface area (Å²) in [5, 5.41) is 0. The Labute approximate surface area is 154 Å². The molecule has 0 bridgehead atoms. The number of rotatable bonds is 4. The van der Waals surface area contributed by atoms with Crippen molar-refractivity contribution < 1.29 is 24.4 Å². The van der Waals surface area contributed by atoms with E-state index < -0.39 is 8.15 Å². The van der Waals surface area contributed by atoms with E-state index in [1.165, 1.54) is 0 Å². The average Bonchev–Trinajstić information content (AvgIpc) is 2.18. The minimum atomic E-state index is -0.659. The van der Waals surface area contributed by atoms with Crippen molar-refractivity contribution in [2.75, 3.05) is 12.3 Å². The zero-order chi connectivity index (χ0) is 12.4. The van der Waals surface area contributed by atoms with Crippen LogP contribution in [0.1, 0.15) is 27.7 Å². The van der Waals surface area contributed by atoms with Crippen LogP contribution in [0.5, 0.6) is 0 Å². The van der Waals surface area contributed by atoms with Gasteiger partial charge in [0, 0.05) is 27.6 Å². The summed E-state index contributed by atoms with van der Waals surface area (Å²) in [6.07, 6.45) is 2.01. The molecule has 0 aliphatic carbocycles. The third kappa shape index (κ3) is 24.6. The largest absolute Gasteiger partial charge is 0.374 e. The van der Waals surface area contributed by atoms with Crippen LogP contribution in [0.25, 0.3) is 0 Å². The van der Waals surface area contributed by atoms with Gasteiger partial charge in [-0.05, 0) is 24.2 Å². The van der Waals surface area contributed by atoms with E-state index in [1.54, 1.807) is 0 Å². The van der Waals surface area contributed by atoms with E-state index in [1.807, 2.05) is 36.4 Å². The van der Waals surface area contributed by atoms with Crippen LogP contribution in [0, 0.1) is 11.8 Å². The van der Waals surface area contributed by atoms with Crippen molar-refractivity contribution in [1.82, 2.24) is 0 Å². The van der Waals surface area contributed by atoms with E-state index in [9.17, 15) is 4.89 Å². The maximum absolute atomic E-state index is 9.45. The summed E-state index contributed by atoms with van der Waals surface area (Å²) in [6, 6.07) is 12.0. The summed E-state index contributed by atoms with van der Waals surface area (Å²) in [4.78, 5) is 9.45. The molecule has 1 N–H and O–H groups in total. The van der Waals surface area contributed by atoms with Gasteiger partial charge < -0.3 is 4.89 Å². The van der Waals surface area contributed by atoms with Crippen LogP contribution in [0.3, 0.4) is 0 Å². The molecule has 116 valence electrons. The summed E-state index contributed by atoms with van der Waals surface area (Å²) in [5.41, 5.74) is 0. The summed E-state index contributed by atoms with van der Waals surface area (Å²) in [5.74, 6) is 1.30. The second-order valence-corrected chi connectivity index (χ2v) is 6.56. The molecule has 1 rings (SSSR count). The molecule has 0 atom stereocenters. The molecule has 0 saturated heterocycles. The van der Waals surface area contributed by atoms with Crippen LogP contribution < -0.4 is 0 Å². The van der Waals surface area contributed by atoms with Crippen LogP contribution in [0.15, 0.2) is 36.4 Å². The van der Waals surface area contributed by atoms with E-state index in [4.69, 9.17) is 0 Å². The molecule has 0 amide bonds. The number of hydrogen-bond acceptors (Lipinski definition) is 1. The first-order valence-electron chi connectivity index (χ1n) is 5.96. The molecular weight excluding hydrogens is 476 g/mol. The molecule has 0 fully saturated rings. The fourth-order valence-electron chi connectivity index (χ4n) is 1.30. The Morgan fingerprint density at radius 3 is 1.11 bits per heavy atom. The molecule has 0 unspecified atom stereocenters. The van der Waals surface area contributed by atoms with Crippen molar-refractivity contribution in [1.29, 1.82) is 0 Å². The number of benzene rings is 1. The fourth-order valence-corrected chi connectivity index (χ4v) is 3.14. The predicted molar refractivity (Wildman–Crippen MR) is 95.6 cm³/mol. The topological polar surface area (TPSA) is 20.2 Å². The summed E-state index contributed by atoms with van der Waals surface area (Å²) >= 11 is 0. The monoisotopic (exact) mass is 502 g/mol. The van der Waals surface area contributed by atoms with Crippen molar-refractivity contribution in [3.05, 3.63) is 36.4 Å². The van der Waals surface area contributed by atoms with Crippen LogP contribution in [-0.4, -0.2) is 17.2 Å². The molecule has 0 saturated carbocycles. The van der Waals surface area contributed by atoms with Crippen molar-refractivity contribution in [2.45, 2.75) is 27.7 Å². The molecule has 0 spiro atoms. The molecule has 1 aromatic carbocycles. The Bertz CT molecular complexity index is 212. The molecule has 0 aliphatic heterocycles. The zero-order valence-corrected chi connectivity index (χ0v) is 18.2. The summed E-state index contributed by atoms with van der Waals surface area (Å²) in [7, 11) is -0.659. The summed E-state index contributed by atoms with van der Waals surface area (Å²) in [6.45, 7) is 8.63. The molecule has 0 aromatic heterocycles. The van der Waals surface area contributed by atoms with Crippen molar-refractivity contribution in [2.24, 2.45) is 11.8 Å².